The van der Waals surface area contributed by atoms with Gasteiger partial charge in [0.05, 0.1) is 11.6 Å². The van der Waals surface area contributed by atoms with Crippen molar-refractivity contribution in [3.63, 3.8) is 0 Å². The van der Waals surface area contributed by atoms with E-state index in [0.29, 0.717) is 11.6 Å². The van der Waals surface area contributed by atoms with E-state index in [1.807, 2.05) is 18.2 Å². The average molecular weight is 296 g/mol. The van der Waals surface area contributed by atoms with Crippen molar-refractivity contribution in [1.29, 1.82) is 0 Å². The lowest BCUT2D eigenvalue weighted by Gasteiger charge is -2.21. The van der Waals surface area contributed by atoms with E-state index in [1.54, 1.807) is 7.11 Å². The van der Waals surface area contributed by atoms with Gasteiger partial charge in [0.15, 0.2) is 0 Å². The van der Waals surface area contributed by atoms with Gasteiger partial charge in [0.25, 0.3) is 0 Å². The monoisotopic (exact) mass is 295 g/mol. The normalized spacial score (nSPS) is 18.2. The highest BCUT2D eigenvalue weighted by Crippen LogP contribution is 2.31. The van der Waals surface area contributed by atoms with Crippen LogP contribution < -0.4 is 10.1 Å². The first-order valence-electron chi connectivity index (χ1n) is 7.11. The van der Waals surface area contributed by atoms with Gasteiger partial charge in [-0.1, -0.05) is 29.8 Å². The Morgan fingerprint density at radius 1 is 1.40 bits per heavy atom. The maximum atomic E-state index is 6.29. The molecule has 1 aliphatic rings. The number of halogens is 1. The zero-order chi connectivity index (χ0) is 14.2. The molecule has 0 saturated heterocycles. The van der Waals surface area contributed by atoms with Gasteiger partial charge < -0.3 is 14.8 Å². The molecular formula is C16H22ClNO2. The highest BCUT2D eigenvalue weighted by molar-refractivity contribution is 6.32. The molecule has 1 aromatic rings. The second-order valence-electron chi connectivity index (χ2n) is 4.91. The van der Waals surface area contributed by atoms with Crippen molar-refractivity contribution in [2.75, 3.05) is 20.3 Å². The molecule has 0 saturated carbocycles. The molecule has 0 bridgehead atoms. The predicted octanol–water partition coefficient (Wildman–Crippen LogP) is 3.56. The Kier molecular flexibility index (Phi) is 6.37. The van der Waals surface area contributed by atoms with Gasteiger partial charge in [0.2, 0.25) is 0 Å². The number of ether oxygens (including phenoxy) is 2. The van der Waals surface area contributed by atoms with Crippen LogP contribution in [0, 0.1) is 0 Å². The van der Waals surface area contributed by atoms with Crippen LogP contribution in [0.15, 0.2) is 30.4 Å². The largest absolute Gasteiger partial charge is 0.484 e. The summed E-state index contributed by atoms with van der Waals surface area (Å²) in [5, 5.41) is 4.00. The van der Waals surface area contributed by atoms with E-state index >= 15 is 0 Å². The maximum absolute atomic E-state index is 6.29. The van der Waals surface area contributed by atoms with Crippen LogP contribution in [0.2, 0.25) is 5.02 Å². The minimum absolute atomic E-state index is 0.140. The fourth-order valence-corrected chi connectivity index (χ4v) is 2.49. The summed E-state index contributed by atoms with van der Waals surface area (Å²) >= 11 is 6.29. The summed E-state index contributed by atoms with van der Waals surface area (Å²) in [6, 6.07) is 5.88. The molecule has 0 heterocycles. The zero-order valence-corrected chi connectivity index (χ0v) is 12.7. The van der Waals surface area contributed by atoms with Crippen LogP contribution in [0.3, 0.4) is 0 Å². The zero-order valence-electron chi connectivity index (χ0n) is 11.9. The molecule has 0 amide bonds. The third kappa shape index (κ3) is 4.51. The van der Waals surface area contributed by atoms with Crippen LogP contribution in [0.4, 0.5) is 0 Å². The molecule has 0 radical (unpaired) electrons. The van der Waals surface area contributed by atoms with Crippen LogP contribution >= 0.6 is 11.6 Å². The molecule has 2 rings (SSSR count). The van der Waals surface area contributed by atoms with Gasteiger partial charge in [0, 0.05) is 25.8 Å². The number of allylic oxidation sites excluding steroid dienone is 1. The van der Waals surface area contributed by atoms with E-state index in [4.69, 9.17) is 21.1 Å². The Morgan fingerprint density at radius 3 is 3.05 bits per heavy atom. The van der Waals surface area contributed by atoms with Gasteiger partial charge in [-0.15, -0.1) is 0 Å². The molecule has 1 atom stereocenters. The molecule has 1 N–H and O–H groups in total. The van der Waals surface area contributed by atoms with E-state index < -0.39 is 0 Å². The lowest BCUT2D eigenvalue weighted by atomic mass is 10.1. The van der Waals surface area contributed by atoms with Crippen LogP contribution in [-0.4, -0.2) is 26.4 Å². The Balaban J connectivity index is 2.01. The number of nitrogens with one attached hydrogen (secondary N) is 1. The number of rotatable bonds is 7. The third-order valence-corrected chi connectivity index (χ3v) is 3.62. The van der Waals surface area contributed by atoms with E-state index in [0.717, 1.165) is 37.2 Å². The smallest absolute Gasteiger partial charge is 0.143 e. The number of benzene rings is 1. The number of para-hydroxylation sites is 1. The van der Waals surface area contributed by atoms with Crippen LogP contribution in [0.5, 0.6) is 5.75 Å². The third-order valence-electron chi connectivity index (χ3n) is 3.33. The topological polar surface area (TPSA) is 30.5 Å². The van der Waals surface area contributed by atoms with Crippen LogP contribution in [0.25, 0.3) is 0 Å². The Hall–Kier alpha value is -1.03. The molecule has 1 aromatic carbocycles. The van der Waals surface area contributed by atoms with Crippen LogP contribution in [0.1, 0.15) is 24.8 Å². The van der Waals surface area contributed by atoms with Crippen molar-refractivity contribution in [2.45, 2.75) is 31.9 Å². The van der Waals surface area contributed by atoms with E-state index in [1.165, 1.54) is 6.42 Å². The Bertz CT molecular complexity index is 448. The Labute approximate surface area is 125 Å². The van der Waals surface area contributed by atoms with Gasteiger partial charge in [-0.25, -0.2) is 0 Å². The van der Waals surface area contributed by atoms with Crippen LogP contribution in [-0.2, 0) is 11.3 Å². The minimum Gasteiger partial charge on any atom is -0.484 e. The minimum atomic E-state index is 0.140. The molecule has 0 aliphatic heterocycles. The highest BCUT2D eigenvalue weighted by atomic mass is 35.5. The fourth-order valence-electron chi connectivity index (χ4n) is 2.25. The maximum Gasteiger partial charge on any atom is 0.143 e. The van der Waals surface area contributed by atoms with Crippen molar-refractivity contribution < 1.29 is 9.47 Å². The summed E-state index contributed by atoms with van der Waals surface area (Å²) in [6.07, 6.45) is 7.83. The number of hydrogen-bond donors (Lipinski definition) is 1. The molecule has 110 valence electrons. The van der Waals surface area contributed by atoms with Gasteiger partial charge in [-0.2, -0.15) is 0 Å². The lowest BCUT2D eigenvalue weighted by Crippen LogP contribution is -2.21. The van der Waals surface area contributed by atoms with Gasteiger partial charge in [-0.05, 0) is 31.4 Å². The summed E-state index contributed by atoms with van der Waals surface area (Å²) in [5.74, 6) is 0.802. The van der Waals surface area contributed by atoms with Crippen molar-refractivity contribution in [3.8, 4) is 5.75 Å². The summed E-state index contributed by atoms with van der Waals surface area (Å²) in [6.45, 7) is 2.24. The number of methoxy groups -OCH3 is 1. The molecular weight excluding hydrogens is 274 g/mol. The van der Waals surface area contributed by atoms with Crippen molar-refractivity contribution in [1.82, 2.24) is 5.32 Å². The standard InChI is InChI=1S/C16H22ClNO2/c1-19-11-10-18-12-13-6-5-9-15(17)16(13)20-14-7-3-2-4-8-14/h3,5-7,9,14,18H,2,4,8,10-12H2,1H3. The SMILES string of the molecule is COCCNCc1cccc(Cl)c1OC1C=CCCC1. The predicted molar refractivity (Wildman–Crippen MR) is 82.4 cm³/mol. The lowest BCUT2D eigenvalue weighted by molar-refractivity contribution is 0.198. The molecule has 4 heteroatoms. The second kappa shape index (κ2) is 8.30. The highest BCUT2D eigenvalue weighted by Gasteiger charge is 2.15. The van der Waals surface area contributed by atoms with Crippen molar-refractivity contribution in [3.05, 3.63) is 40.9 Å². The van der Waals surface area contributed by atoms with Crippen molar-refractivity contribution in [2.24, 2.45) is 0 Å². The summed E-state index contributed by atoms with van der Waals surface area (Å²) < 4.78 is 11.1. The molecule has 20 heavy (non-hydrogen) atoms. The average Bonchev–Trinajstić information content (AvgIpc) is 2.48. The Morgan fingerprint density at radius 2 is 2.30 bits per heavy atom. The molecule has 0 aromatic heterocycles. The molecule has 1 aliphatic carbocycles. The molecule has 1 unspecified atom stereocenters. The summed E-state index contributed by atoms with van der Waals surface area (Å²) in [7, 11) is 1.70. The van der Waals surface area contributed by atoms with Gasteiger partial charge in [0.1, 0.15) is 11.9 Å². The van der Waals surface area contributed by atoms with Gasteiger partial charge >= 0.3 is 0 Å². The second-order valence-corrected chi connectivity index (χ2v) is 5.32. The fraction of sp³-hybridized carbons (Fsp3) is 0.500. The van der Waals surface area contributed by atoms with E-state index in [-0.39, 0.29) is 6.10 Å². The summed E-state index contributed by atoms with van der Waals surface area (Å²) in [5.41, 5.74) is 1.09. The first-order valence-corrected chi connectivity index (χ1v) is 7.49. The van der Waals surface area contributed by atoms with Gasteiger partial charge in [-0.3, -0.25) is 0 Å². The number of hydrogen-bond acceptors (Lipinski definition) is 3. The van der Waals surface area contributed by atoms with E-state index in [9.17, 15) is 0 Å². The first kappa shape index (κ1) is 15.4. The first-order chi connectivity index (χ1) is 9.81. The van der Waals surface area contributed by atoms with Crippen molar-refractivity contribution >= 4 is 11.6 Å². The van der Waals surface area contributed by atoms with E-state index in [2.05, 4.69) is 17.5 Å². The summed E-state index contributed by atoms with van der Waals surface area (Å²) in [4.78, 5) is 0. The molecule has 0 spiro atoms. The quantitative estimate of drug-likeness (QED) is 0.616. The molecule has 3 nitrogen and oxygen atoms in total. The molecule has 0 fully saturated rings.